The summed E-state index contributed by atoms with van der Waals surface area (Å²) in [5, 5.41) is 4.43. The summed E-state index contributed by atoms with van der Waals surface area (Å²) >= 11 is 6.66. The number of halogens is 1. The number of fused-ring (bicyclic) bond motifs is 1. The van der Waals surface area contributed by atoms with Crippen LogP contribution in [0.4, 0.5) is 0 Å². The molecule has 170 valence electrons. The molecule has 0 radical (unpaired) electrons. The van der Waals surface area contributed by atoms with Gasteiger partial charge in [0.15, 0.2) is 5.15 Å². The van der Waals surface area contributed by atoms with Crippen molar-refractivity contribution in [1.29, 1.82) is 0 Å². The molecule has 1 N–H and O–H groups in total. The van der Waals surface area contributed by atoms with Crippen LogP contribution in [0, 0.1) is 13.8 Å². The van der Waals surface area contributed by atoms with E-state index in [4.69, 9.17) is 16.3 Å². The first kappa shape index (κ1) is 21.7. The zero-order valence-corrected chi connectivity index (χ0v) is 19.7. The Hall–Kier alpha value is -3.09. The largest absolute Gasteiger partial charge is 0.439 e. The van der Waals surface area contributed by atoms with Crippen molar-refractivity contribution in [2.75, 3.05) is 26.2 Å². The summed E-state index contributed by atoms with van der Waals surface area (Å²) in [6.45, 7) is 6.89. The second kappa shape index (κ2) is 9.04. The zero-order chi connectivity index (χ0) is 22.9. The highest BCUT2D eigenvalue weighted by atomic mass is 35.5. The van der Waals surface area contributed by atoms with E-state index < -0.39 is 0 Å². The monoisotopic (exact) mass is 462 g/mol. The number of aryl methyl sites for hydroxylation is 2. The maximum absolute atomic E-state index is 13.9. The maximum Gasteiger partial charge on any atom is 0.260 e. The van der Waals surface area contributed by atoms with Gasteiger partial charge in [-0.15, -0.1) is 0 Å². The Morgan fingerprint density at radius 2 is 1.91 bits per heavy atom. The summed E-state index contributed by atoms with van der Waals surface area (Å²) < 4.78 is 8.65. The van der Waals surface area contributed by atoms with Crippen LogP contribution in [0.15, 0.2) is 48.7 Å². The van der Waals surface area contributed by atoms with Crippen LogP contribution in [0.25, 0.3) is 16.6 Å². The highest BCUT2D eigenvalue weighted by Gasteiger charge is 2.31. The van der Waals surface area contributed by atoms with Crippen LogP contribution in [0.5, 0.6) is 11.6 Å². The lowest BCUT2D eigenvalue weighted by atomic mass is 10.1. The Morgan fingerprint density at radius 3 is 2.61 bits per heavy atom. The van der Waals surface area contributed by atoms with Gasteiger partial charge in [-0.1, -0.05) is 42.0 Å². The maximum atomic E-state index is 13.9. The molecule has 0 atom stereocenters. The van der Waals surface area contributed by atoms with Crippen molar-refractivity contribution in [3.63, 3.8) is 0 Å². The Balaban J connectivity index is 1.79. The zero-order valence-electron chi connectivity index (χ0n) is 18.9. The Bertz CT molecular complexity index is 1260. The number of allylic oxidation sites excluding steroid dienone is 4. The van der Waals surface area contributed by atoms with Gasteiger partial charge in [-0.2, -0.15) is 0 Å². The van der Waals surface area contributed by atoms with E-state index in [0.29, 0.717) is 35.2 Å². The SMILES string of the molecule is Cc1cccc(C)c1Oc1c(C(=O)N2CCNCC2)c2ccnc(Cl)c2n1C1=CC=CCC1. The van der Waals surface area contributed by atoms with E-state index in [9.17, 15) is 4.79 Å². The van der Waals surface area contributed by atoms with Crippen LogP contribution in [-0.4, -0.2) is 46.5 Å². The average Bonchev–Trinajstić information content (AvgIpc) is 3.17. The van der Waals surface area contributed by atoms with Gasteiger partial charge in [0.1, 0.15) is 11.3 Å². The topological polar surface area (TPSA) is 59.4 Å². The van der Waals surface area contributed by atoms with Crippen molar-refractivity contribution in [3.05, 3.63) is 70.5 Å². The van der Waals surface area contributed by atoms with Gasteiger partial charge in [0, 0.05) is 43.5 Å². The van der Waals surface area contributed by atoms with Crippen molar-refractivity contribution >= 4 is 34.1 Å². The van der Waals surface area contributed by atoms with E-state index in [1.54, 1.807) is 6.20 Å². The first-order chi connectivity index (χ1) is 16.1. The number of hydrogen-bond donors (Lipinski definition) is 1. The Labute approximate surface area is 198 Å². The lowest BCUT2D eigenvalue weighted by Gasteiger charge is -2.28. The highest BCUT2D eigenvalue weighted by Crippen LogP contribution is 2.43. The molecule has 6 nitrogen and oxygen atoms in total. The predicted molar refractivity (Wildman–Crippen MR) is 132 cm³/mol. The van der Waals surface area contributed by atoms with Gasteiger partial charge in [-0.3, -0.25) is 9.36 Å². The third-order valence-electron chi connectivity index (χ3n) is 6.29. The molecule has 1 aliphatic carbocycles. The second-order valence-electron chi connectivity index (χ2n) is 8.50. The molecule has 2 aliphatic rings. The molecule has 0 bridgehead atoms. The lowest BCUT2D eigenvalue weighted by Crippen LogP contribution is -2.46. The van der Waals surface area contributed by atoms with Crippen LogP contribution in [0.2, 0.25) is 5.15 Å². The van der Waals surface area contributed by atoms with Gasteiger partial charge < -0.3 is 15.0 Å². The van der Waals surface area contributed by atoms with Crippen LogP contribution in [0.3, 0.4) is 0 Å². The van der Waals surface area contributed by atoms with Gasteiger partial charge in [0.05, 0.1) is 5.52 Å². The number of ether oxygens (including phenoxy) is 1. The predicted octanol–water partition coefficient (Wildman–Crippen LogP) is 5.34. The molecule has 33 heavy (non-hydrogen) atoms. The van der Waals surface area contributed by atoms with Gasteiger partial charge >= 0.3 is 0 Å². The van der Waals surface area contributed by atoms with Crippen molar-refractivity contribution in [2.24, 2.45) is 0 Å². The smallest absolute Gasteiger partial charge is 0.260 e. The average molecular weight is 463 g/mol. The number of rotatable bonds is 4. The summed E-state index contributed by atoms with van der Waals surface area (Å²) in [7, 11) is 0. The number of nitrogens with zero attached hydrogens (tertiary/aromatic N) is 3. The number of pyridine rings is 1. The van der Waals surface area contributed by atoms with Crippen molar-refractivity contribution in [1.82, 2.24) is 19.8 Å². The molecule has 0 saturated carbocycles. The molecule has 5 rings (SSSR count). The third-order valence-corrected chi connectivity index (χ3v) is 6.57. The van der Waals surface area contributed by atoms with E-state index in [0.717, 1.165) is 53.9 Å². The molecular weight excluding hydrogens is 436 g/mol. The molecule has 7 heteroatoms. The third kappa shape index (κ3) is 3.94. The standard InChI is InChI=1S/C26H27ClN4O2/c1-17-7-6-8-18(2)23(17)33-26-21(25(32)30-15-13-28-14-16-30)20-11-12-29-24(27)22(20)31(26)19-9-4-3-5-10-19/h3-4,6-9,11-12,28H,5,10,13-16H2,1-2H3. The molecule has 3 aromatic rings. The van der Waals surface area contributed by atoms with E-state index in [1.807, 2.05) is 53.7 Å². The minimum Gasteiger partial charge on any atom is -0.439 e. The molecular formula is C26H27ClN4O2. The van der Waals surface area contributed by atoms with Crippen LogP contribution in [0.1, 0.15) is 34.3 Å². The fraction of sp³-hybridized carbons (Fsp3) is 0.308. The van der Waals surface area contributed by atoms with E-state index >= 15 is 0 Å². The van der Waals surface area contributed by atoms with Crippen molar-refractivity contribution in [3.8, 4) is 11.6 Å². The van der Waals surface area contributed by atoms with E-state index in [-0.39, 0.29) is 5.91 Å². The Morgan fingerprint density at radius 1 is 1.15 bits per heavy atom. The number of amides is 1. The van der Waals surface area contributed by atoms with Crippen LogP contribution < -0.4 is 10.1 Å². The van der Waals surface area contributed by atoms with Crippen LogP contribution in [-0.2, 0) is 0 Å². The fourth-order valence-corrected chi connectivity index (χ4v) is 4.85. The second-order valence-corrected chi connectivity index (χ2v) is 8.86. The molecule has 1 saturated heterocycles. The number of carbonyl (C=O) groups is 1. The van der Waals surface area contributed by atoms with E-state index in [1.165, 1.54) is 0 Å². The lowest BCUT2D eigenvalue weighted by molar-refractivity contribution is 0.0735. The summed E-state index contributed by atoms with van der Waals surface area (Å²) in [6.07, 6.45) is 9.61. The summed E-state index contributed by atoms with van der Waals surface area (Å²) in [5.41, 5.74) is 4.29. The number of hydrogen-bond acceptors (Lipinski definition) is 4. The first-order valence-corrected chi connectivity index (χ1v) is 11.7. The minimum absolute atomic E-state index is 0.0456. The fourth-order valence-electron chi connectivity index (χ4n) is 4.61. The summed E-state index contributed by atoms with van der Waals surface area (Å²) in [5.74, 6) is 1.21. The number of aromatic nitrogens is 2. The molecule has 0 spiro atoms. The molecule has 3 heterocycles. The Kier molecular flexibility index (Phi) is 5.96. The van der Waals surface area contributed by atoms with Crippen molar-refractivity contribution < 1.29 is 9.53 Å². The number of piperazine rings is 1. The molecule has 1 fully saturated rings. The first-order valence-electron chi connectivity index (χ1n) is 11.4. The van der Waals surface area contributed by atoms with Gasteiger partial charge in [0.25, 0.3) is 5.91 Å². The normalized spacial score (nSPS) is 16.2. The molecule has 1 aromatic carbocycles. The van der Waals surface area contributed by atoms with Crippen LogP contribution >= 0.6 is 11.6 Å². The van der Waals surface area contributed by atoms with E-state index in [2.05, 4.69) is 22.5 Å². The summed E-state index contributed by atoms with van der Waals surface area (Å²) in [6, 6.07) is 7.91. The quantitative estimate of drug-likeness (QED) is 0.532. The highest BCUT2D eigenvalue weighted by molar-refractivity contribution is 6.35. The molecule has 2 aromatic heterocycles. The van der Waals surface area contributed by atoms with Gasteiger partial charge in [-0.05, 0) is 50.0 Å². The number of carbonyl (C=O) groups excluding carboxylic acids is 1. The van der Waals surface area contributed by atoms with Gasteiger partial charge in [-0.25, -0.2) is 4.98 Å². The number of nitrogens with one attached hydrogen (secondary N) is 1. The number of para-hydroxylation sites is 1. The summed E-state index contributed by atoms with van der Waals surface area (Å²) in [4.78, 5) is 20.1. The number of benzene rings is 1. The van der Waals surface area contributed by atoms with Gasteiger partial charge in [0.2, 0.25) is 5.88 Å². The molecule has 0 unspecified atom stereocenters. The van der Waals surface area contributed by atoms with Crippen molar-refractivity contribution in [2.45, 2.75) is 26.7 Å². The molecule has 1 aliphatic heterocycles. The minimum atomic E-state index is -0.0456. The molecule has 1 amide bonds.